The van der Waals surface area contributed by atoms with Gasteiger partial charge in [-0.15, -0.1) is 0 Å². The highest BCUT2D eigenvalue weighted by atomic mass is 79.9. The van der Waals surface area contributed by atoms with E-state index in [-0.39, 0.29) is 0 Å². The largest absolute Gasteiger partial charge is 0.370 e. The van der Waals surface area contributed by atoms with Crippen molar-refractivity contribution in [2.75, 3.05) is 11.9 Å². The molecule has 0 spiro atoms. The zero-order valence-electron chi connectivity index (χ0n) is 12.8. The van der Waals surface area contributed by atoms with Gasteiger partial charge in [-0.3, -0.25) is 4.98 Å². The van der Waals surface area contributed by atoms with Gasteiger partial charge in [-0.05, 0) is 29.3 Å². The molecule has 0 saturated heterocycles. The highest BCUT2D eigenvalue weighted by Gasteiger charge is 2.06. The minimum absolute atomic E-state index is 0.491. The number of pyridine rings is 1. The predicted octanol–water partition coefficient (Wildman–Crippen LogP) is 3.98. The summed E-state index contributed by atoms with van der Waals surface area (Å²) in [4.78, 5) is 6.38. The number of benzene rings is 1. The van der Waals surface area contributed by atoms with Crippen LogP contribution in [0.3, 0.4) is 0 Å². The maximum atomic E-state index is 4.16. The fraction of sp³-hybridized carbons (Fsp3) is 0.353. The lowest BCUT2D eigenvalue weighted by atomic mass is 10.1. The maximum absolute atomic E-state index is 4.16. The third-order valence-electron chi connectivity index (χ3n) is 3.32. The lowest BCUT2D eigenvalue weighted by molar-refractivity contribution is 0.588. The number of aromatic nitrogens is 1. The molecule has 0 radical (unpaired) electrons. The molecule has 0 unspecified atom stereocenters. The number of rotatable bonds is 6. The van der Waals surface area contributed by atoms with Gasteiger partial charge in [-0.1, -0.05) is 41.9 Å². The second-order valence-corrected chi connectivity index (χ2v) is 6.38. The molecule has 0 aliphatic heterocycles. The molecule has 0 aliphatic carbocycles. The van der Waals surface area contributed by atoms with Gasteiger partial charge in [0.2, 0.25) is 0 Å². The van der Waals surface area contributed by atoms with Crippen molar-refractivity contribution >= 4 is 21.6 Å². The first kappa shape index (κ1) is 16.0. The Morgan fingerprint density at radius 1 is 1.29 bits per heavy atom. The molecule has 1 aromatic heterocycles. The predicted molar refractivity (Wildman–Crippen MR) is 92.5 cm³/mol. The number of anilines is 1. The molecule has 21 heavy (non-hydrogen) atoms. The third-order valence-corrected chi connectivity index (χ3v) is 4.06. The van der Waals surface area contributed by atoms with E-state index in [0.717, 1.165) is 17.6 Å². The van der Waals surface area contributed by atoms with Gasteiger partial charge < -0.3 is 10.2 Å². The summed E-state index contributed by atoms with van der Waals surface area (Å²) in [5.41, 5.74) is 3.68. The Balaban J connectivity index is 2.05. The lowest BCUT2D eigenvalue weighted by Crippen LogP contribution is -2.22. The molecule has 0 saturated carbocycles. The van der Waals surface area contributed by atoms with E-state index in [1.807, 2.05) is 12.3 Å². The standard InChI is InChI=1S/C17H22BrN3/c1-13(2)20-11-15-6-7-16(9-17(15)18)21(3)12-14-5-4-8-19-10-14/h4-10,13,20H,11-12H2,1-3H3. The summed E-state index contributed by atoms with van der Waals surface area (Å²) >= 11 is 3.67. The van der Waals surface area contributed by atoms with Gasteiger partial charge in [0, 0.05) is 48.7 Å². The van der Waals surface area contributed by atoms with E-state index in [0.29, 0.717) is 6.04 Å². The van der Waals surface area contributed by atoms with Crippen molar-refractivity contribution in [1.29, 1.82) is 0 Å². The second-order valence-electron chi connectivity index (χ2n) is 5.53. The summed E-state index contributed by atoms with van der Waals surface area (Å²) < 4.78 is 1.14. The van der Waals surface area contributed by atoms with Crippen molar-refractivity contribution in [2.24, 2.45) is 0 Å². The molecule has 3 nitrogen and oxygen atoms in total. The van der Waals surface area contributed by atoms with E-state index in [9.17, 15) is 0 Å². The minimum Gasteiger partial charge on any atom is -0.370 e. The number of nitrogens with one attached hydrogen (secondary N) is 1. The van der Waals surface area contributed by atoms with Crippen LogP contribution >= 0.6 is 15.9 Å². The Labute approximate surface area is 135 Å². The number of halogens is 1. The van der Waals surface area contributed by atoms with Crippen LogP contribution in [0.25, 0.3) is 0 Å². The molecule has 4 heteroatoms. The van der Waals surface area contributed by atoms with Crippen LogP contribution in [0.5, 0.6) is 0 Å². The van der Waals surface area contributed by atoms with Gasteiger partial charge in [0.1, 0.15) is 0 Å². The highest BCUT2D eigenvalue weighted by Crippen LogP contribution is 2.24. The molecule has 0 aliphatic rings. The Kier molecular flexibility index (Phi) is 5.76. The molecule has 2 rings (SSSR count). The summed E-state index contributed by atoms with van der Waals surface area (Å²) in [5.74, 6) is 0. The van der Waals surface area contributed by atoms with Gasteiger partial charge >= 0.3 is 0 Å². The Hall–Kier alpha value is -1.39. The van der Waals surface area contributed by atoms with E-state index < -0.39 is 0 Å². The zero-order valence-corrected chi connectivity index (χ0v) is 14.4. The quantitative estimate of drug-likeness (QED) is 0.856. The fourth-order valence-corrected chi connectivity index (χ4v) is 2.59. The van der Waals surface area contributed by atoms with Crippen molar-refractivity contribution < 1.29 is 0 Å². The van der Waals surface area contributed by atoms with Gasteiger partial charge in [0.05, 0.1) is 0 Å². The van der Waals surface area contributed by atoms with Gasteiger partial charge in [0.25, 0.3) is 0 Å². The molecule has 0 atom stereocenters. The van der Waals surface area contributed by atoms with Crippen LogP contribution in [0, 0.1) is 0 Å². The van der Waals surface area contributed by atoms with E-state index in [2.05, 4.69) is 76.3 Å². The van der Waals surface area contributed by atoms with Crippen LogP contribution in [0.2, 0.25) is 0 Å². The smallest absolute Gasteiger partial charge is 0.0441 e. The molecule has 112 valence electrons. The molecular weight excluding hydrogens is 326 g/mol. The molecule has 2 aromatic rings. The first-order valence-electron chi connectivity index (χ1n) is 7.18. The van der Waals surface area contributed by atoms with E-state index in [1.165, 1.54) is 16.8 Å². The van der Waals surface area contributed by atoms with Crippen molar-refractivity contribution in [1.82, 2.24) is 10.3 Å². The number of nitrogens with zero attached hydrogens (tertiary/aromatic N) is 2. The van der Waals surface area contributed by atoms with Crippen molar-refractivity contribution in [2.45, 2.75) is 33.0 Å². The molecular formula is C17H22BrN3. The van der Waals surface area contributed by atoms with Gasteiger partial charge in [-0.2, -0.15) is 0 Å². The summed E-state index contributed by atoms with van der Waals surface area (Å²) in [6.45, 7) is 6.04. The second kappa shape index (κ2) is 7.57. The Bertz CT molecular complexity index is 570. The average Bonchev–Trinajstić information content (AvgIpc) is 2.46. The highest BCUT2D eigenvalue weighted by molar-refractivity contribution is 9.10. The van der Waals surface area contributed by atoms with Crippen LogP contribution in [0.15, 0.2) is 47.2 Å². The van der Waals surface area contributed by atoms with Crippen molar-refractivity contribution in [3.8, 4) is 0 Å². The van der Waals surface area contributed by atoms with E-state index in [1.54, 1.807) is 6.20 Å². The number of hydrogen-bond acceptors (Lipinski definition) is 3. The normalized spacial score (nSPS) is 10.9. The minimum atomic E-state index is 0.491. The molecule has 1 N–H and O–H groups in total. The maximum Gasteiger partial charge on any atom is 0.0441 e. The lowest BCUT2D eigenvalue weighted by Gasteiger charge is -2.20. The summed E-state index contributed by atoms with van der Waals surface area (Å²) in [6, 6.07) is 11.1. The Morgan fingerprint density at radius 2 is 2.10 bits per heavy atom. The van der Waals surface area contributed by atoms with Crippen LogP contribution < -0.4 is 10.2 Å². The summed E-state index contributed by atoms with van der Waals surface area (Å²) in [7, 11) is 2.10. The summed E-state index contributed by atoms with van der Waals surface area (Å²) in [5, 5.41) is 3.44. The molecule has 1 aromatic carbocycles. The molecule has 1 heterocycles. The van der Waals surface area contributed by atoms with Crippen LogP contribution in [-0.2, 0) is 13.1 Å². The third kappa shape index (κ3) is 4.83. The van der Waals surface area contributed by atoms with Crippen LogP contribution in [-0.4, -0.2) is 18.1 Å². The zero-order chi connectivity index (χ0) is 15.2. The topological polar surface area (TPSA) is 28.2 Å². The van der Waals surface area contributed by atoms with E-state index in [4.69, 9.17) is 0 Å². The van der Waals surface area contributed by atoms with Gasteiger partial charge in [-0.25, -0.2) is 0 Å². The molecule has 0 bridgehead atoms. The number of hydrogen-bond donors (Lipinski definition) is 1. The SMILES string of the molecule is CC(C)NCc1ccc(N(C)Cc2cccnc2)cc1Br. The van der Waals surface area contributed by atoms with E-state index >= 15 is 0 Å². The Morgan fingerprint density at radius 3 is 2.71 bits per heavy atom. The average molecular weight is 348 g/mol. The van der Waals surface area contributed by atoms with Crippen LogP contribution in [0.1, 0.15) is 25.0 Å². The monoisotopic (exact) mass is 347 g/mol. The molecule has 0 amide bonds. The fourth-order valence-electron chi connectivity index (χ4n) is 2.09. The van der Waals surface area contributed by atoms with Crippen LogP contribution in [0.4, 0.5) is 5.69 Å². The molecule has 0 fully saturated rings. The van der Waals surface area contributed by atoms with Gasteiger partial charge in [0.15, 0.2) is 0 Å². The first-order valence-corrected chi connectivity index (χ1v) is 7.97. The van der Waals surface area contributed by atoms with Crippen molar-refractivity contribution in [3.63, 3.8) is 0 Å². The van der Waals surface area contributed by atoms with Crippen molar-refractivity contribution in [3.05, 3.63) is 58.3 Å². The summed E-state index contributed by atoms with van der Waals surface area (Å²) in [6.07, 6.45) is 3.71. The first-order chi connectivity index (χ1) is 10.1.